The van der Waals surface area contributed by atoms with Crippen LogP contribution in [0.5, 0.6) is 0 Å². The summed E-state index contributed by atoms with van der Waals surface area (Å²) < 4.78 is 0. The van der Waals surface area contributed by atoms with E-state index >= 15 is 0 Å². The summed E-state index contributed by atoms with van der Waals surface area (Å²) >= 11 is 0. The fraction of sp³-hybridized carbons (Fsp3) is 0.0455. The second-order valence-electron chi connectivity index (χ2n) is 12.7. The minimum atomic E-state index is -0.343. The molecular weight excluding hydrogens is 528 g/mol. The Morgan fingerprint density at radius 1 is 0.205 bits per heavy atom. The molecule has 4 aliphatic rings. The highest BCUT2D eigenvalue weighted by Gasteiger charge is 2.55. The molecule has 0 N–H and O–H groups in total. The number of fused-ring (bicyclic) bond motifs is 20. The Bertz CT molecular complexity index is 2140. The van der Waals surface area contributed by atoms with Crippen LogP contribution < -0.4 is 0 Å². The second-order valence-corrected chi connectivity index (χ2v) is 12.7. The third-order valence-corrected chi connectivity index (χ3v) is 11.1. The van der Waals surface area contributed by atoms with Gasteiger partial charge in [0.05, 0.1) is 10.8 Å². The van der Waals surface area contributed by atoms with Crippen molar-refractivity contribution in [3.05, 3.63) is 202 Å². The van der Waals surface area contributed by atoms with E-state index in [1.807, 2.05) is 0 Å². The van der Waals surface area contributed by atoms with E-state index in [1.54, 1.807) is 0 Å². The molecule has 7 aromatic rings. The van der Waals surface area contributed by atoms with Gasteiger partial charge in [-0.25, -0.2) is 0 Å². The zero-order chi connectivity index (χ0) is 28.6. The standard InChI is InChI=1S/C44H26/c1-7-19-35-27(13-1)28-14-2-8-20-36(28)43(35)39-23-11-5-17-31(39)33-26-42-34(25-41(33)43)32-18-6-12-24-40(32)44(42)37-21-9-3-15-29(37)30-16-4-10-22-38(30)44/h1-26H. The van der Waals surface area contributed by atoms with Crippen LogP contribution in [0.4, 0.5) is 0 Å². The Morgan fingerprint density at radius 2 is 0.409 bits per heavy atom. The van der Waals surface area contributed by atoms with E-state index in [4.69, 9.17) is 0 Å². The minimum absolute atomic E-state index is 0.343. The third kappa shape index (κ3) is 2.34. The molecule has 0 radical (unpaired) electrons. The van der Waals surface area contributed by atoms with Gasteiger partial charge in [-0.15, -0.1) is 0 Å². The first kappa shape index (κ1) is 23.1. The number of hydrogen-bond acceptors (Lipinski definition) is 0. The lowest BCUT2D eigenvalue weighted by Gasteiger charge is -2.32. The molecule has 4 aliphatic carbocycles. The van der Waals surface area contributed by atoms with Gasteiger partial charge in [-0.2, -0.15) is 0 Å². The summed E-state index contributed by atoms with van der Waals surface area (Å²) in [7, 11) is 0. The largest absolute Gasteiger partial charge is 0.0725 e. The van der Waals surface area contributed by atoms with Crippen LogP contribution in [0.1, 0.15) is 44.5 Å². The SMILES string of the molecule is c1ccc2c(c1)-c1ccccc1C21c2ccccc2-c2cc3c(cc21)-c1ccccc1C31c2ccccc2-c2ccccc21. The molecular formula is C44H26. The summed E-state index contributed by atoms with van der Waals surface area (Å²) in [5.74, 6) is 0. The molecule has 0 bridgehead atoms. The fourth-order valence-electron chi connectivity index (χ4n) is 9.68. The van der Waals surface area contributed by atoms with Crippen molar-refractivity contribution in [2.45, 2.75) is 10.8 Å². The quantitative estimate of drug-likeness (QED) is 0.175. The molecule has 0 atom stereocenters. The van der Waals surface area contributed by atoms with Crippen molar-refractivity contribution in [1.29, 1.82) is 0 Å². The van der Waals surface area contributed by atoms with Gasteiger partial charge in [0.25, 0.3) is 0 Å². The summed E-state index contributed by atoms with van der Waals surface area (Å²) in [6.07, 6.45) is 0. The zero-order valence-corrected chi connectivity index (χ0v) is 24.0. The molecule has 0 heterocycles. The average Bonchev–Trinajstić information content (AvgIpc) is 3.76. The van der Waals surface area contributed by atoms with Crippen LogP contribution in [-0.2, 0) is 10.8 Å². The van der Waals surface area contributed by atoms with Gasteiger partial charge in [-0.05, 0) is 101 Å². The average molecular weight is 555 g/mol. The molecule has 0 aromatic heterocycles. The van der Waals surface area contributed by atoms with E-state index in [0.717, 1.165) is 0 Å². The van der Waals surface area contributed by atoms with Crippen molar-refractivity contribution >= 4 is 0 Å². The van der Waals surface area contributed by atoms with Gasteiger partial charge >= 0.3 is 0 Å². The Balaban J connectivity index is 1.33. The minimum Gasteiger partial charge on any atom is -0.0619 e. The first-order chi connectivity index (χ1) is 21.8. The lowest BCUT2D eigenvalue weighted by molar-refractivity contribution is 0.783. The van der Waals surface area contributed by atoms with Crippen molar-refractivity contribution in [2.75, 3.05) is 0 Å². The van der Waals surface area contributed by atoms with E-state index in [-0.39, 0.29) is 10.8 Å². The van der Waals surface area contributed by atoms with Gasteiger partial charge in [0, 0.05) is 0 Å². The van der Waals surface area contributed by atoms with Crippen molar-refractivity contribution in [2.24, 2.45) is 0 Å². The predicted octanol–water partition coefficient (Wildman–Crippen LogP) is 10.4. The normalized spacial score (nSPS) is 15.6. The van der Waals surface area contributed by atoms with Gasteiger partial charge in [-0.1, -0.05) is 146 Å². The van der Waals surface area contributed by atoms with Gasteiger partial charge in [0.1, 0.15) is 0 Å². The highest BCUT2D eigenvalue weighted by atomic mass is 14.6. The molecule has 202 valence electrons. The smallest absolute Gasteiger partial charge is 0.0619 e. The van der Waals surface area contributed by atoms with Crippen LogP contribution in [0.2, 0.25) is 0 Å². The van der Waals surface area contributed by atoms with E-state index in [2.05, 4.69) is 158 Å². The second kappa shape index (κ2) is 7.73. The summed E-state index contributed by atoms with van der Waals surface area (Å²) in [4.78, 5) is 0. The topological polar surface area (TPSA) is 0 Å². The molecule has 2 spiro atoms. The van der Waals surface area contributed by atoms with Gasteiger partial charge in [0.15, 0.2) is 0 Å². The molecule has 0 nitrogen and oxygen atoms in total. The molecule has 0 fully saturated rings. The Hall–Kier alpha value is -5.46. The van der Waals surface area contributed by atoms with Crippen molar-refractivity contribution in [3.63, 3.8) is 0 Å². The van der Waals surface area contributed by atoms with Crippen molar-refractivity contribution in [1.82, 2.24) is 0 Å². The molecule has 11 rings (SSSR count). The van der Waals surface area contributed by atoms with Gasteiger partial charge in [0.2, 0.25) is 0 Å². The summed E-state index contributed by atoms with van der Waals surface area (Å²) in [6, 6.07) is 59.9. The zero-order valence-electron chi connectivity index (χ0n) is 24.0. The van der Waals surface area contributed by atoms with Gasteiger partial charge in [-0.3, -0.25) is 0 Å². The summed E-state index contributed by atoms with van der Waals surface area (Å²) in [6.45, 7) is 0. The summed E-state index contributed by atoms with van der Waals surface area (Å²) in [5.41, 5.74) is 21.3. The Kier molecular flexibility index (Phi) is 4.05. The molecule has 0 saturated carbocycles. The first-order valence-electron chi connectivity index (χ1n) is 15.6. The van der Waals surface area contributed by atoms with Crippen LogP contribution in [0, 0.1) is 0 Å². The first-order valence-corrected chi connectivity index (χ1v) is 15.6. The maximum Gasteiger partial charge on any atom is 0.0725 e. The highest BCUT2D eigenvalue weighted by Crippen LogP contribution is 2.67. The van der Waals surface area contributed by atoms with Crippen LogP contribution in [0.25, 0.3) is 44.5 Å². The third-order valence-electron chi connectivity index (χ3n) is 11.1. The molecule has 0 amide bonds. The van der Waals surface area contributed by atoms with E-state index in [1.165, 1.54) is 89.0 Å². The van der Waals surface area contributed by atoms with Crippen LogP contribution in [0.3, 0.4) is 0 Å². The maximum absolute atomic E-state index is 2.58. The molecule has 0 aliphatic heterocycles. The maximum atomic E-state index is 2.58. The summed E-state index contributed by atoms with van der Waals surface area (Å²) in [5, 5.41) is 0. The lowest BCUT2D eigenvalue weighted by atomic mass is 9.68. The predicted molar refractivity (Wildman–Crippen MR) is 179 cm³/mol. The number of hydrogen-bond donors (Lipinski definition) is 0. The van der Waals surface area contributed by atoms with E-state index in [0.29, 0.717) is 0 Å². The number of benzene rings is 7. The van der Waals surface area contributed by atoms with Gasteiger partial charge < -0.3 is 0 Å². The van der Waals surface area contributed by atoms with Crippen molar-refractivity contribution in [3.8, 4) is 44.5 Å². The van der Waals surface area contributed by atoms with Crippen molar-refractivity contribution < 1.29 is 0 Å². The monoisotopic (exact) mass is 554 g/mol. The number of rotatable bonds is 0. The highest BCUT2D eigenvalue weighted by molar-refractivity contribution is 6.00. The molecule has 0 saturated heterocycles. The Labute approximate surface area is 256 Å². The van der Waals surface area contributed by atoms with E-state index < -0.39 is 0 Å². The van der Waals surface area contributed by atoms with Crippen LogP contribution >= 0.6 is 0 Å². The van der Waals surface area contributed by atoms with Crippen LogP contribution in [0.15, 0.2) is 158 Å². The fourth-order valence-corrected chi connectivity index (χ4v) is 9.68. The molecule has 0 unspecified atom stereocenters. The molecule has 0 heteroatoms. The molecule has 7 aromatic carbocycles. The van der Waals surface area contributed by atoms with E-state index in [9.17, 15) is 0 Å². The Morgan fingerprint density at radius 3 is 0.659 bits per heavy atom. The molecule has 44 heavy (non-hydrogen) atoms. The lowest BCUT2D eigenvalue weighted by Crippen LogP contribution is -2.27. The van der Waals surface area contributed by atoms with Crippen LogP contribution in [-0.4, -0.2) is 0 Å².